The Bertz CT molecular complexity index is 1110. The van der Waals surface area contributed by atoms with Gasteiger partial charge in [0.2, 0.25) is 11.9 Å². The molecule has 1 amide bonds. The molecular weight excluding hydrogens is 446 g/mol. The van der Waals surface area contributed by atoms with Crippen molar-refractivity contribution >= 4 is 44.5 Å². The molecule has 1 aliphatic heterocycles. The van der Waals surface area contributed by atoms with E-state index in [1.54, 1.807) is 0 Å². The lowest BCUT2D eigenvalue weighted by Crippen LogP contribution is -2.20. The number of fused-ring (bicyclic) bond motifs is 2. The molecule has 1 fully saturated rings. The molecule has 1 saturated carbocycles. The predicted molar refractivity (Wildman–Crippen MR) is 120 cm³/mol. The highest BCUT2D eigenvalue weighted by Crippen LogP contribution is 2.40. The van der Waals surface area contributed by atoms with E-state index in [-0.39, 0.29) is 5.91 Å². The van der Waals surface area contributed by atoms with Crippen LogP contribution in [-0.4, -0.2) is 45.8 Å². The van der Waals surface area contributed by atoms with Gasteiger partial charge >= 0.3 is 0 Å². The van der Waals surface area contributed by atoms with E-state index in [1.807, 2.05) is 36.1 Å². The fourth-order valence-electron chi connectivity index (χ4n) is 4.40. The molecule has 0 spiro atoms. The fraction of sp³-hybridized carbons (Fsp3) is 0.429. The first-order chi connectivity index (χ1) is 14.6. The number of halogens is 1. The van der Waals surface area contributed by atoms with Crippen LogP contribution in [0.5, 0.6) is 0 Å². The number of hydrogen-bond acceptors (Lipinski definition) is 6. The first kappa shape index (κ1) is 19.4. The molecule has 1 aliphatic carbocycles. The van der Waals surface area contributed by atoms with Crippen LogP contribution in [-0.2, 0) is 4.79 Å². The zero-order chi connectivity index (χ0) is 20.7. The normalized spacial score (nSPS) is 18.7. The van der Waals surface area contributed by atoms with E-state index >= 15 is 0 Å². The van der Waals surface area contributed by atoms with Crippen molar-refractivity contribution in [1.29, 1.82) is 0 Å². The number of rotatable bonds is 6. The number of likely N-dealkylation sites (N-methyl/N-ethyl adjacent to an activating group) is 1. The fourth-order valence-corrected chi connectivity index (χ4v) is 4.78. The van der Waals surface area contributed by atoms with Gasteiger partial charge in [-0.3, -0.25) is 9.48 Å². The van der Waals surface area contributed by atoms with Crippen molar-refractivity contribution in [2.24, 2.45) is 0 Å². The lowest BCUT2D eigenvalue weighted by atomic mass is 9.95. The number of aromatic nitrogens is 4. The van der Waals surface area contributed by atoms with Crippen molar-refractivity contribution in [3.05, 3.63) is 40.1 Å². The smallest absolute Gasteiger partial charge is 0.238 e. The van der Waals surface area contributed by atoms with E-state index in [0.717, 1.165) is 40.5 Å². The van der Waals surface area contributed by atoms with Crippen LogP contribution in [0.15, 0.2) is 28.9 Å². The average molecular weight is 470 g/mol. The Morgan fingerprint density at radius 3 is 2.87 bits per heavy atom. The quantitative estimate of drug-likeness (QED) is 0.478. The van der Waals surface area contributed by atoms with Gasteiger partial charge in [-0.25, -0.2) is 4.98 Å². The third-order valence-corrected chi connectivity index (χ3v) is 6.39. The molecule has 1 unspecified atom stereocenters. The maximum atomic E-state index is 13.0. The van der Waals surface area contributed by atoms with Gasteiger partial charge in [-0.1, -0.05) is 28.8 Å². The topological polar surface area (TPSA) is 96.8 Å². The number of carbonyl (C=O) groups excluding carboxylic acids is 1. The highest BCUT2D eigenvalue weighted by atomic mass is 79.9. The number of nitrogens with zero attached hydrogens (tertiary/aromatic N) is 4. The molecule has 0 radical (unpaired) electrons. The number of hydrogen-bond donors (Lipinski definition) is 3. The van der Waals surface area contributed by atoms with E-state index in [2.05, 4.69) is 36.9 Å². The van der Waals surface area contributed by atoms with Gasteiger partial charge in [0.15, 0.2) is 5.65 Å². The maximum absolute atomic E-state index is 13.0. The monoisotopic (exact) mass is 469 g/mol. The van der Waals surface area contributed by atoms with Gasteiger partial charge in [-0.05, 0) is 43.7 Å². The van der Waals surface area contributed by atoms with Gasteiger partial charge in [0.1, 0.15) is 5.92 Å². The van der Waals surface area contributed by atoms with Crippen molar-refractivity contribution in [1.82, 2.24) is 25.1 Å². The van der Waals surface area contributed by atoms with Gasteiger partial charge < -0.3 is 16.0 Å². The van der Waals surface area contributed by atoms with Crippen LogP contribution >= 0.6 is 15.9 Å². The lowest BCUT2D eigenvalue weighted by Gasteiger charge is -2.12. The molecule has 2 aliphatic rings. The number of nitrogens with one attached hydrogen (secondary N) is 3. The first-order valence-electron chi connectivity index (χ1n) is 10.4. The Morgan fingerprint density at radius 1 is 1.23 bits per heavy atom. The minimum absolute atomic E-state index is 0.0714. The van der Waals surface area contributed by atoms with E-state index in [1.165, 1.54) is 12.8 Å². The Balaban J connectivity index is 1.63. The van der Waals surface area contributed by atoms with Crippen molar-refractivity contribution in [2.75, 3.05) is 30.8 Å². The zero-order valence-corrected chi connectivity index (χ0v) is 18.4. The Labute approximate surface area is 183 Å². The van der Waals surface area contributed by atoms with Gasteiger partial charge in [-0.2, -0.15) is 10.1 Å². The number of carbonyl (C=O) groups is 1. The second-order valence-electron chi connectivity index (χ2n) is 7.90. The van der Waals surface area contributed by atoms with Crippen molar-refractivity contribution in [3.63, 3.8) is 0 Å². The predicted octanol–water partition coefficient (Wildman–Crippen LogP) is 3.42. The van der Waals surface area contributed by atoms with Crippen molar-refractivity contribution in [3.8, 4) is 0 Å². The largest absolute Gasteiger partial charge is 0.353 e. The van der Waals surface area contributed by atoms with Crippen molar-refractivity contribution in [2.45, 2.75) is 37.6 Å². The summed E-state index contributed by atoms with van der Waals surface area (Å²) in [4.78, 5) is 22.4. The van der Waals surface area contributed by atoms with Gasteiger partial charge in [0.25, 0.3) is 0 Å². The molecule has 9 heteroatoms. The van der Waals surface area contributed by atoms with Crippen LogP contribution in [0.25, 0.3) is 11.0 Å². The zero-order valence-electron chi connectivity index (χ0n) is 16.8. The SMILES string of the molecule is CNCCNc1nc(C2C(=O)Nc3ccc(Br)cc32)c2cn(C3CCCC3)nc2n1. The minimum atomic E-state index is -0.492. The Hall–Kier alpha value is -2.52. The average Bonchev–Trinajstić information content (AvgIpc) is 3.45. The van der Waals surface area contributed by atoms with E-state index in [9.17, 15) is 4.79 Å². The Morgan fingerprint density at radius 2 is 2.07 bits per heavy atom. The maximum Gasteiger partial charge on any atom is 0.238 e. The molecule has 1 atom stereocenters. The first-order valence-corrected chi connectivity index (χ1v) is 11.2. The van der Waals surface area contributed by atoms with E-state index in [4.69, 9.17) is 10.1 Å². The minimum Gasteiger partial charge on any atom is -0.353 e. The van der Waals surface area contributed by atoms with E-state index < -0.39 is 5.92 Å². The molecule has 2 aromatic heterocycles. The summed E-state index contributed by atoms with van der Waals surface area (Å²) in [5, 5.41) is 15.0. The summed E-state index contributed by atoms with van der Waals surface area (Å²) in [5.41, 5.74) is 3.08. The van der Waals surface area contributed by atoms with Crippen LogP contribution in [0.1, 0.15) is 48.9 Å². The highest BCUT2D eigenvalue weighted by Gasteiger charge is 2.35. The van der Waals surface area contributed by atoms with Crippen LogP contribution in [0.2, 0.25) is 0 Å². The van der Waals surface area contributed by atoms with Crippen LogP contribution in [0.4, 0.5) is 11.6 Å². The Kier molecular flexibility index (Phi) is 5.16. The summed E-state index contributed by atoms with van der Waals surface area (Å²) in [7, 11) is 1.90. The third kappa shape index (κ3) is 3.45. The number of benzene rings is 1. The molecule has 5 rings (SSSR count). The summed E-state index contributed by atoms with van der Waals surface area (Å²) in [5.74, 6) is -0.0624. The summed E-state index contributed by atoms with van der Waals surface area (Å²) in [6.07, 6.45) is 6.74. The second-order valence-corrected chi connectivity index (χ2v) is 8.82. The molecule has 0 bridgehead atoms. The molecule has 1 aromatic carbocycles. The molecule has 0 saturated heterocycles. The summed E-state index contributed by atoms with van der Waals surface area (Å²) >= 11 is 3.53. The highest BCUT2D eigenvalue weighted by molar-refractivity contribution is 9.10. The summed E-state index contributed by atoms with van der Waals surface area (Å²) in [6.45, 7) is 1.47. The molecule has 3 heterocycles. The van der Waals surface area contributed by atoms with Crippen LogP contribution < -0.4 is 16.0 Å². The molecule has 3 aromatic rings. The van der Waals surface area contributed by atoms with Crippen molar-refractivity contribution < 1.29 is 4.79 Å². The lowest BCUT2D eigenvalue weighted by molar-refractivity contribution is -0.116. The molecule has 8 nitrogen and oxygen atoms in total. The number of amides is 1. The van der Waals surface area contributed by atoms with E-state index in [0.29, 0.717) is 29.9 Å². The molecular formula is C21H24BrN7O. The molecule has 3 N–H and O–H groups in total. The van der Waals surface area contributed by atoms with Gasteiger partial charge in [0.05, 0.1) is 17.1 Å². The molecule has 30 heavy (non-hydrogen) atoms. The summed E-state index contributed by atoms with van der Waals surface area (Å²) < 4.78 is 2.96. The van der Waals surface area contributed by atoms with Gasteiger partial charge in [-0.15, -0.1) is 0 Å². The standard InChI is InChI=1S/C21H24BrN7O/c1-23-8-9-24-21-26-18(17-14-10-12(22)6-7-16(14)25-20(17)30)15-11-29(28-19(15)27-21)13-4-2-3-5-13/h6-7,10-11,13,17,23H,2-5,8-9H2,1H3,(H,25,30)(H,24,27,28). The number of anilines is 2. The molecule has 156 valence electrons. The summed E-state index contributed by atoms with van der Waals surface area (Å²) in [6, 6.07) is 6.23. The second kappa shape index (κ2) is 7.96. The van der Waals surface area contributed by atoms with Crippen LogP contribution in [0, 0.1) is 0 Å². The third-order valence-electron chi connectivity index (χ3n) is 5.90. The van der Waals surface area contributed by atoms with Crippen LogP contribution in [0.3, 0.4) is 0 Å². The van der Waals surface area contributed by atoms with Gasteiger partial charge in [0, 0.05) is 29.4 Å².